The van der Waals surface area contributed by atoms with Gasteiger partial charge >= 0.3 is 6.03 Å². The van der Waals surface area contributed by atoms with Gasteiger partial charge in [0.1, 0.15) is 24.0 Å². The molecule has 0 aliphatic rings. The Morgan fingerprint density at radius 2 is 1.49 bits per heavy atom. The average Bonchev–Trinajstić information content (AvgIpc) is 2.79. The topological polar surface area (TPSA) is 131 Å². The van der Waals surface area contributed by atoms with Crippen molar-refractivity contribution in [1.82, 2.24) is 16.0 Å². The molecule has 0 aromatic heterocycles. The van der Waals surface area contributed by atoms with E-state index in [4.69, 9.17) is 4.74 Å². The van der Waals surface area contributed by atoms with Crippen molar-refractivity contribution in [3.05, 3.63) is 35.4 Å². The Bertz CT molecular complexity index is 838. The van der Waals surface area contributed by atoms with E-state index in [0.29, 0.717) is 32.7 Å². The minimum atomic E-state index is -0.240. The highest BCUT2D eigenvalue weighted by Crippen LogP contribution is 2.08. The van der Waals surface area contributed by atoms with E-state index in [1.807, 2.05) is 31.2 Å². The maximum atomic E-state index is 11.9. The zero-order chi connectivity index (χ0) is 26.1. The van der Waals surface area contributed by atoms with E-state index < -0.39 is 0 Å². The molecule has 0 fully saturated rings. The summed E-state index contributed by atoms with van der Waals surface area (Å²) in [7, 11) is 0. The Kier molecular flexibility index (Phi) is 14.9. The van der Waals surface area contributed by atoms with Crippen LogP contribution in [-0.4, -0.2) is 55.6 Å². The van der Waals surface area contributed by atoms with Gasteiger partial charge in [0.05, 0.1) is 6.42 Å². The molecule has 35 heavy (non-hydrogen) atoms. The second-order valence-electron chi connectivity index (χ2n) is 8.78. The number of amides is 3. The number of benzene rings is 1. The van der Waals surface area contributed by atoms with Crippen molar-refractivity contribution in [2.45, 2.75) is 65.8 Å². The molecule has 0 saturated carbocycles. The lowest BCUT2D eigenvalue weighted by Crippen LogP contribution is -2.37. The molecule has 194 valence electrons. The number of carbonyl (C=O) groups is 5. The number of hydrogen-bond donors (Lipinski definition) is 3. The van der Waals surface area contributed by atoms with E-state index in [-0.39, 0.29) is 54.7 Å². The van der Waals surface area contributed by atoms with Crippen LogP contribution in [0.25, 0.3) is 0 Å². The summed E-state index contributed by atoms with van der Waals surface area (Å²) in [5.41, 5.74) is 1.72. The highest BCUT2D eigenvalue weighted by Gasteiger charge is 2.08. The number of nitrogens with one attached hydrogen (secondary N) is 3. The van der Waals surface area contributed by atoms with Crippen molar-refractivity contribution in [3.8, 4) is 0 Å². The molecule has 1 aromatic rings. The van der Waals surface area contributed by atoms with E-state index in [1.54, 1.807) is 6.92 Å². The van der Waals surface area contributed by atoms with Crippen LogP contribution in [0.4, 0.5) is 4.79 Å². The Balaban J connectivity index is 2.05. The molecule has 1 unspecified atom stereocenters. The molecule has 3 amide bonds. The lowest BCUT2D eigenvalue weighted by atomic mass is 10.0. The molecular weight excluding hydrogens is 450 g/mol. The predicted octanol–water partition coefficient (Wildman–Crippen LogP) is 2.49. The van der Waals surface area contributed by atoms with Crippen LogP contribution >= 0.6 is 0 Å². The van der Waals surface area contributed by atoms with E-state index >= 15 is 0 Å². The number of carbonyl (C=O) groups excluding carboxylic acids is 5. The van der Waals surface area contributed by atoms with Crippen LogP contribution in [0.15, 0.2) is 24.3 Å². The van der Waals surface area contributed by atoms with Crippen LogP contribution < -0.4 is 16.0 Å². The maximum Gasteiger partial charge on any atom is 0.314 e. The predicted molar refractivity (Wildman–Crippen MR) is 133 cm³/mol. The first kappa shape index (κ1) is 30.0. The molecule has 0 spiro atoms. The summed E-state index contributed by atoms with van der Waals surface area (Å²) in [4.78, 5) is 57.5. The van der Waals surface area contributed by atoms with Gasteiger partial charge in [-0.3, -0.25) is 19.2 Å². The number of unbranched alkanes of at least 4 members (excludes halogenated alkanes) is 1. The number of ketones is 3. The minimum absolute atomic E-state index is 0.0510. The normalized spacial score (nSPS) is 11.4. The molecule has 1 aromatic carbocycles. The van der Waals surface area contributed by atoms with Crippen molar-refractivity contribution in [1.29, 1.82) is 0 Å². The van der Waals surface area contributed by atoms with Gasteiger partial charge in [0, 0.05) is 38.6 Å². The van der Waals surface area contributed by atoms with E-state index in [0.717, 1.165) is 30.4 Å². The van der Waals surface area contributed by atoms with Crippen molar-refractivity contribution in [2.24, 2.45) is 5.92 Å². The molecule has 0 bridgehead atoms. The third-order valence-corrected chi connectivity index (χ3v) is 5.39. The Morgan fingerprint density at radius 1 is 0.857 bits per heavy atom. The highest BCUT2D eigenvalue weighted by atomic mass is 16.5. The number of urea groups is 1. The van der Waals surface area contributed by atoms with Gasteiger partial charge in [0.25, 0.3) is 0 Å². The van der Waals surface area contributed by atoms with E-state index in [1.165, 1.54) is 6.92 Å². The molecule has 9 nitrogen and oxygen atoms in total. The first-order chi connectivity index (χ1) is 16.7. The monoisotopic (exact) mass is 489 g/mol. The van der Waals surface area contributed by atoms with Gasteiger partial charge in [-0.1, -0.05) is 37.6 Å². The molecule has 0 aliphatic heterocycles. The molecular formula is C26H39N3O6. The fourth-order valence-electron chi connectivity index (χ4n) is 3.18. The lowest BCUT2D eigenvalue weighted by molar-refractivity contribution is -0.126. The molecule has 3 N–H and O–H groups in total. The molecule has 9 heteroatoms. The average molecular weight is 490 g/mol. The number of ether oxygens (including phenoxy) is 1. The van der Waals surface area contributed by atoms with E-state index in [2.05, 4.69) is 16.0 Å². The quantitative estimate of drug-likeness (QED) is 0.215. The summed E-state index contributed by atoms with van der Waals surface area (Å²) in [6, 6.07) is 7.06. The largest absolute Gasteiger partial charge is 0.372 e. The fraction of sp³-hybridized carbons (Fsp3) is 0.577. The summed E-state index contributed by atoms with van der Waals surface area (Å²) < 4.78 is 5.34. The maximum absolute atomic E-state index is 11.9. The van der Waals surface area contributed by atoms with Crippen molar-refractivity contribution in [2.75, 3.05) is 26.3 Å². The highest BCUT2D eigenvalue weighted by molar-refractivity contribution is 5.98. The van der Waals surface area contributed by atoms with Crippen LogP contribution in [0.5, 0.6) is 0 Å². The lowest BCUT2D eigenvalue weighted by Gasteiger charge is -2.10. The summed E-state index contributed by atoms with van der Waals surface area (Å²) >= 11 is 0. The SMILES string of the molecule is CC(=O)CC(=O)Cc1ccc(CNC(=O)COCCCNC(=O)NCCCCC(C)C(C)=O)cc1. The zero-order valence-corrected chi connectivity index (χ0v) is 21.1. The summed E-state index contributed by atoms with van der Waals surface area (Å²) in [5, 5.41) is 8.28. The van der Waals surface area contributed by atoms with Crippen LogP contribution in [0.1, 0.15) is 64.0 Å². The van der Waals surface area contributed by atoms with Gasteiger partial charge in [0.15, 0.2) is 0 Å². The Morgan fingerprint density at radius 3 is 2.11 bits per heavy atom. The van der Waals surface area contributed by atoms with Gasteiger partial charge in [-0.05, 0) is 44.2 Å². The number of rotatable bonds is 18. The first-order valence-corrected chi connectivity index (χ1v) is 12.1. The first-order valence-electron chi connectivity index (χ1n) is 12.1. The van der Waals surface area contributed by atoms with Crippen LogP contribution in [-0.2, 0) is 36.9 Å². The molecule has 0 aliphatic carbocycles. The van der Waals surface area contributed by atoms with Crippen molar-refractivity contribution >= 4 is 29.3 Å². The minimum Gasteiger partial charge on any atom is -0.372 e. The third-order valence-electron chi connectivity index (χ3n) is 5.39. The zero-order valence-electron chi connectivity index (χ0n) is 21.1. The van der Waals surface area contributed by atoms with Gasteiger partial charge < -0.3 is 20.7 Å². The Hall–Kier alpha value is -3.07. The summed E-state index contributed by atoms with van der Waals surface area (Å²) in [5.74, 6) is -0.230. The van der Waals surface area contributed by atoms with E-state index in [9.17, 15) is 24.0 Å². The molecule has 1 rings (SSSR count). The molecule has 0 radical (unpaired) electrons. The van der Waals surface area contributed by atoms with Gasteiger partial charge in [-0.2, -0.15) is 0 Å². The van der Waals surface area contributed by atoms with Crippen molar-refractivity contribution in [3.63, 3.8) is 0 Å². The number of hydrogen-bond acceptors (Lipinski definition) is 6. The summed E-state index contributed by atoms with van der Waals surface area (Å²) in [6.07, 6.45) is 3.31. The second-order valence-corrected chi connectivity index (χ2v) is 8.78. The van der Waals surface area contributed by atoms with Gasteiger partial charge in [-0.15, -0.1) is 0 Å². The molecule has 0 heterocycles. The van der Waals surface area contributed by atoms with Gasteiger partial charge in [0.2, 0.25) is 5.91 Å². The number of Topliss-reactive ketones (excluding diaryl/α,β-unsaturated/α-hetero) is 3. The van der Waals surface area contributed by atoms with Crippen LogP contribution in [0.2, 0.25) is 0 Å². The third kappa shape index (κ3) is 15.5. The summed E-state index contributed by atoms with van der Waals surface area (Å²) in [6.45, 7) is 6.54. The van der Waals surface area contributed by atoms with Crippen LogP contribution in [0, 0.1) is 5.92 Å². The standard InChI is InChI=1S/C26H39N3O6/c1-19(21(3)31)7-4-5-12-27-26(34)28-13-6-14-35-18-25(33)29-17-23-10-8-22(9-11-23)16-24(32)15-20(2)30/h8-11,19H,4-7,12-18H2,1-3H3,(H,29,33)(H2,27,28,34). The van der Waals surface area contributed by atoms with Crippen LogP contribution in [0.3, 0.4) is 0 Å². The van der Waals surface area contributed by atoms with Gasteiger partial charge in [-0.25, -0.2) is 4.79 Å². The molecule has 0 saturated heterocycles. The molecule has 1 atom stereocenters. The Labute approximate surface area is 207 Å². The smallest absolute Gasteiger partial charge is 0.314 e. The second kappa shape index (κ2) is 17.4. The fourth-order valence-corrected chi connectivity index (χ4v) is 3.18. The van der Waals surface area contributed by atoms with Crippen molar-refractivity contribution < 1.29 is 28.7 Å².